The number of rotatable bonds is 9. The van der Waals surface area contributed by atoms with Gasteiger partial charge in [0, 0.05) is 6.54 Å². The van der Waals surface area contributed by atoms with Crippen LogP contribution >= 0.6 is 0 Å². The molecule has 0 aliphatic rings. The fourth-order valence-corrected chi connectivity index (χ4v) is 3.13. The van der Waals surface area contributed by atoms with Crippen LogP contribution in [0.2, 0.25) is 0 Å². The van der Waals surface area contributed by atoms with Crippen molar-refractivity contribution in [3.63, 3.8) is 0 Å². The van der Waals surface area contributed by atoms with Crippen molar-refractivity contribution in [2.45, 2.75) is 37.5 Å². The zero-order valence-corrected chi connectivity index (χ0v) is 12.7. The molecule has 110 valence electrons. The Morgan fingerprint density at radius 2 is 2.00 bits per heavy atom. The van der Waals surface area contributed by atoms with Crippen molar-refractivity contribution < 1.29 is 8.42 Å². The van der Waals surface area contributed by atoms with Gasteiger partial charge < -0.3 is 5.32 Å². The van der Waals surface area contributed by atoms with Crippen molar-refractivity contribution in [2.75, 3.05) is 18.8 Å². The highest BCUT2D eigenvalue weighted by Gasteiger charge is 2.14. The third-order valence-corrected chi connectivity index (χ3v) is 4.79. The predicted octanol–water partition coefficient (Wildman–Crippen LogP) is 2.50. The number of benzene rings is 1. The number of hydrogen-bond donors (Lipinski definition) is 1. The second-order valence-electron chi connectivity index (χ2n) is 4.77. The van der Waals surface area contributed by atoms with Gasteiger partial charge in [0.2, 0.25) is 0 Å². The SMILES string of the molecule is CCCCCCNCCS(=O)(=O)c1cccc(C#N)c1. The number of nitriles is 1. The third-order valence-electron chi connectivity index (χ3n) is 3.08. The minimum atomic E-state index is -3.30. The molecule has 1 aromatic rings. The number of nitrogens with one attached hydrogen (secondary N) is 1. The molecule has 0 aliphatic heterocycles. The van der Waals surface area contributed by atoms with E-state index < -0.39 is 9.84 Å². The topological polar surface area (TPSA) is 70.0 Å². The predicted molar refractivity (Wildman–Crippen MR) is 80.2 cm³/mol. The van der Waals surface area contributed by atoms with E-state index in [2.05, 4.69) is 12.2 Å². The zero-order valence-electron chi connectivity index (χ0n) is 11.9. The van der Waals surface area contributed by atoms with E-state index in [4.69, 9.17) is 5.26 Å². The first kappa shape index (κ1) is 16.7. The van der Waals surface area contributed by atoms with E-state index in [1.54, 1.807) is 12.1 Å². The van der Waals surface area contributed by atoms with Crippen LogP contribution in [-0.2, 0) is 9.84 Å². The fraction of sp³-hybridized carbons (Fsp3) is 0.533. The Kier molecular flexibility index (Phi) is 7.27. The van der Waals surface area contributed by atoms with Gasteiger partial charge >= 0.3 is 0 Å². The Labute approximate surface area is 121 Å². The maximum absolute atomic E-state index is 12.1. The van der Waals surface area contributed by atoms with Gasteiger partial charge in [-0.05, 0) is 31.2 Å². The van der Waals surface area contributed by atoms with Crippen LogP contribution in [0, 0.1) is 11.3 Å². The average Bonchev–Trinajstić information content (AvgIpc) is 2.46. The molecule has 0 saturated carbocycles. The van der Waals surface area contributed by atoms with E-state index in [1.165, 1.54) is 31.4 Å². The van der Waals surface area contributed by atoms with E-state index in [9.17, 15) is 8.42 Å². The molecule has 0 heterocycles. The van der Waals surface area contributed by atoms with Crippen LogP contribution in [0.15, 0.2) is 29.2 Å². The summed E-state index contributed by atoms with van der Waals surface area (Å²) >= 11 is 0. The Morgan fingerprint density at radius 3 is 2.70 bits per heavy atom. The normalized spacial score (nSPS) is 11.2. The van der Waals surface area contributed by atoms with Crippen molar-refractivity contribution in [1.29, 1.82) is 5.26 Å². The summed E-state index contributed by atoms with van der Waals surface area (Å²) in [5.41, 5.74) is 0.374. The van der Waals surface area contributed by atoms with Crippen LogP contribution in [0.4, 0.5) is 0 Å². The lowest BCUT2D eigenvalue weighted by atomic mass is 10.2. The Bertz CT molecular complexity index is 547. The van der Waals surface area contributed by atoms with E-state index in [0.29, 0.717) is 12.1 Å². The number of hydrogen-bond acceptors (Lipinski definition) is 4. The smallest absolute Gasteiger partial charge is 0.179 e. The quantitative estimate of drug-likeness (QED) is 0.710. The molecule has 1 N–H and O–H groups in total. The van der Waals surface area contributed by atoms with Gasteiger partial charge in [-0.3, -0.25) is 0 Å². The standard InChI is InChI=1S/C15H22N2O2S/c1-2-3-4-5-9-17-10-11-20(18,19)15-8-6-7-14(12-15)13-16/h6-8,12,17H,2-5,9-11H2,1H3. The average molecular weight is 294 g/mol. The number of sulfone groups is 1. The molecule has 0 atom stereocenters. The van der Waals surface area contributed by atoms with Gasteiger partial charge in [-0.15, -0.1) is 0 Å². The molecular formula is C15H22N2O2S. The van der Waals surface area contributed by atoms with E-state index in [-0.39, 0.29) is 10.6 Å². The highest BCUT2D eigenvalue weighted by Crippen LogP contribution is 2.12. The molecule has 20 heavy (non-hydrogen) atoms. The minimum absolute atomic E-state index is 0.0651. The van der Waals surface area contributed by atoms with Crippen molar-refractivity contribution in [2.24, 2.45) is 0 Å². The molecule has 4 nitrogen and oxygen atoms in total. The fourth-order valence-electron chi connectivity index (χ4n) is 1.89. The van der Waals surface area contributed by atoms with Gasteiger partial charge in [-0.25, -0.2) is 8.42 Å². The summed E-state index contributed by atoms with van der Waals surface area (Å²) in [4.78, 5) is 0.226. The highest BCUT2D eigenvalue weighted by atomic mass is 32.2. The van der Waals surface area contributed by atoms with Crippen LogP contribution < -0.4 is 5.32 Å². The Morgan fingerprint density at radius 1 is 1.20 bits per heavy atom. The van der Waals surface area contributed by atoms with Crippen LogP contribution in [-0.4, -0.2) is 27.3 Å². The van der Waals surface area contributed by atoms with Gasteiger partial charge in [0.05, 0.1) is 22.3 Å². The zero-order chi connectivity index (χ0) is 14.8. The molecule has 0 saturated heterocycles. The lowest BCUT2D eigenvalue weighted by Gasteiger charge is -2.06. The van der Waals surface area contributed by atoms with Gasteiger partial charge in [0.1, 0.15) is 0 Å². The molecule has 1 rings (SSSR count). The minimum Gasteiger partial charge on any atom is -0.316 e. The molecular weight excluding hydrogens is 272 g/mol. The largest absolute Gasteiger partial charge is 0.316 e. The number of unbranched alkanes of at least 4 members (excludes halogenated alkanes) is 3. The molecule has 0 aromatic heterocycles. The molecule has 0 spiro atoms. The summed E-state index contributed by atoms with van der Waals surface area (Å²) in [6.45, 7) is 3.47. The molecule has 5 heteroatoms. The summed E-state index contributed by atoms with van der Waals surface area (Å²) in [7, 11) is -3.30. The lowest BCUT2D eigenvalue weighted by molar-refractivity contribution is 0.583. The summed E-state index contributed by atoms with van der Waals surface area (Å²) in [5.74, 6) is 0.0651. The molecule has 0 bridgehead atoms. The Hall–Kier alpha value is -1.38. The highest BCUT2D eigenvalue weighted by molar-refractivity contribution is 7.91. The van der Waals surface area contributed by atoms with Crippen LogP contribution in [0.1, 0.15) is 38.2 Å². The lowest BCUT2D eigenvalue weighted by Crippen LogP contribution is -2.24. The molecule has 0 amide bonds. The maximum atomic E-state index is 12.1. The first-order chi connectivity index (χ1) is 9.60. The maximum Gasteiger partial charge on any atom is 0.179 e. The third kappa shape index (κ3) is 5.72. The Balaban J connectivity index is 2.40. The van der Waals surface area contributed by atoms with Gasteiger partial charge in [0.15, 0.2) is 9.84 Å². The molecule has 0 aliphatic carbocycles. The second kappa shape index (κ2) is 8.72. The van der Waals surface area contributed by atoms with Crippen molar-refractivity contribution in [3.8, 4) is 6.07 Å². The first-order valence-electron chi connectivity index (χ1n) is 7.04. The second-order valence-corrected chi connectivity index (χ2v) is 6.88. The van der Waals surface area contributed by atoms with Gasteiger partial charge in [-0.2, -0.15) is 5.26 Å². The van der Waals surface area contributed by atoms with Crippen LogP contribution in [0.3, 0.4) is 0 Å². The molecule has 0 radical (unpaired) electrons. The summed E-state index contributed by atoms with van der Waals surface area (Å²) < 4.78 is 24.2. The number of nitrogens with zero attached hydrogens (tertiary/aromatic N) is 1. The molecule has 1 aromatic carbocycles. The molecule has 0 unspecified atom stereocenters. The van der Waals surface area contributed by atoms with Crippen molar-refractivity contribution in [3.05, 3.63) is 29.8 Å². The van der Waals surface area contributed by atoms with Crippen LogP contribution in [0.5, 0.6) is 0 Å². The van der Waals surface area contributed by atoms with Gasteiger partial charge in [0.25, 0.3) is 0 Å². The summed E-state index contributed by atoms with van der Waals surface area (Å²) in [6.07, 6.45) is 4.68. The summed E-state index contributed by atoms with van der Waals surface area (Å²) in [5, 5.41) is 11.9. The summed E-state index contributed by atoms with van der Waals surface area (Å²) in [6, 6.07) is 8.12. The van der Waals surface area contributed by atoms with Crippen LogP contribution in [0.25, 0.3) is 0 Å². The van der Waals surface area contributed by atoms with Crippen molar-refractivity contribution >= 4 is 9.84 Å². The van der Waals surface area contributed by atoms with Gasteiger partial charge in [-0.1, -0.05) is 32.3 Å². The van der Waals surface area contributed by atoms with E-state index >= 15 is 0 Å². The van der Waals surface area contributed by atoms with Crippen molar-refractivity contribution in [1.82, 2.24) is 5.32 Å². The van der Waals surface area contributed by atoms with E-state index in [0.717, 1.165) is 13.0 Å². The molecule has 0 fully saturated rings. The monoisotopic (exact) mass is 294 g/mol. The van der Waals surface area contributed by atoms with E-state index in [1.807, 2.05) is 6.07 Å². The first-order valence-corrected chi connectivity index (χ1v) is 8.69.